The average molecular weight is 523 g/mol. The highest BCUT2D eigenvalue weighted by atomic mass is 16.6. The van der Waals surface area contributed by atoms with E-state index >= 15 is 0 Å². The van der Waals surface area contributed by atoms with Gasteiger partial charge in [-0.1, -0.05) is 47.6 Å². The molecule has 6 nitrogen and oxygen atoms in total. The van der Waals surface area contributed by atoms with E-state index in [0.29, 0.717) is 12.2 Å². The van der Waals surface area contributed by atoms with E-state index in [1.807, 2.05) is 13.0 Å². The number of hydrogen-bond donors (Lipinski definition) is 1. The summed E-state index contributed by atoms with van der Waals surface area (Å²) in [6, 6.07) is 2.18. The van der Waals surface area contributed by atoms with Gasteiger partial charge in [-0.3, -0.25) is 19.2 Å². The first kappa shape index (κ1) is 27.6. The lowest BCUT2D eigenvalue weighted by molar-refractivity contribution is -0.182. The van der Waals surface area contributed by atoms with Gasteiger partial charge < -0.3 is 0 Å². The summed E-state index contributed by atoms with van der Waals surface area (Å²) in [7, 11) is 1.50. The van der Waals surface area contributed by atoms with Gasteiger partial charge in [0.15, 0.2) is 5.78 Å². The fraction of sp³-hybridized carbons (Fsp3) is 0.812. The topological polar surface area (TPSA) is 96.3 Å². The largest absolute Gasteiger partial charge is 0.299 e. The second-order valence-electron chi connectivity index (χ2n) is 15.0. The molecule has 4 fully saturated rings. The van der Waals surface area contributed by atoms with Crippen molar-refractivity contribution < 1.29 is 19.2 Å². The van der Waals surface area contributed by atoms with Crippen LogP contribution in [0, 0.1) is 68.0 Å². The molecule has 0 aromatic rings. The van der Waals surface area contributed by atoms with Crippen LogP contribution in [-0.4, -0.2) is 24.6 Å². The van der Waals surface area contributed by atoms with Crippen molar-refractivity contribution in [3.63, 3.8) is 0 Å². The van der Waals surface area contributed by atoms with E-state index in [2.05, 4.69) is 46.2 Å². The number of hydroxylamine groups is 1. The molecule has 2 unspecified atom stereocenters. The molecular formula is C32H46N2O4. The third-order valence-electron chi connectivity index (χ3n) is 13.1. The molecule has 9 atom stereocenters. The lowest BCUT2D eigenvalue weighted by Crippen LogP contribution is -2.63. The number of nitriles is 1. The molecule has 0 aromatic heterocycles. The number of ketones is 2. The Morgan fingerprint density at radius 1 is 1.05 bits per heavy atom. The third kappa shape index (κ3) is 3.56. The second-order valence-corrected chi connectivity index (χ2v) is 15.0. The maximum absolute atomic E-state index is 14.3. The van der Waals surface area contributed by atoms with Crippen molar-refractivity contribution in [2.24, 2.45) is 56.7 Å². The fourth-order valence-electron chi connectivity index (χ4n) is 10.6. The van der Waals surface area contributed by atoms with Gasteiger partial charge in [0.1, 0.15) is 11.9 Å². The minimum atomic E-state index is -0.515. The van der Waals surface area contributed by atoms with Gasteiger partial charge in [0.05, 0.1) is 18.1 Å². The lowest BCUT2D eigenvalue weighted by Gasteiger charge is -2.67. The number of Topliss-reactive ketones (excluding diaryl/α,β-unsaturated/α-hetero) is 2. The van der Waals surface area contributed by atoms with Gasteiger partial charge in [0.25, 0.3) is 0 Å². The second kappa shape index (κ2) is 8.75. The molecule has 0 radical (unpaired) electrons. The molecule has 0 saturated heterocycles. The highest BCUT2D eigenvalue weighted by molar-refractivity contribution is 6.01. The van der Waals surface area contributed by atoms with Gasteiger partial charge in [-0.2, -0.15) is 5.26 Å². The zero-order valence-corrected chi connectivity index (χ0v) is 24.4. The van der Waals surface area contributed by atoms with E-state index in [-0.39, 0.29) is 68.5 Å². The van der Waals surface area contributed by atoms with Crippen LogP contribution in [0.3, 0.4) is 0 Å². The van der Waals surface area contributed by atoms with Crippen LogP contribution in [0.15, 0.2) is 11.6 Å². The van der Waals surface area contributed by atoms with E-state index in [4.69, 9.17) is 4.84 Å². The van der Waals surface area contributed by atoms with Gasteiger partial charge in [0, 0.05) is 18.3 Å². The standard InChI is InChI=1S/C32H46N2O4/c1-19-22-8-9-31(6)25(29(22,4)16-20(18-33)26(19)36)15-24(35)23-14-21-17-28(2,3)10-12-32(21,27(37)34-38-7)13-11-30(23,31)5/h16,19,21-23,25H,8-15,17H2,1-7H3,(H,34,37)/t19-,21?,22-,23?,25+,29-,30+,31+,32-/m0/s1. The summed E-state index contributed by atoms with van der Waals surface area (Å²) in [5, 5.41) is 9.80. The smallest absolute Gasteiger partial charge is 0.250 e. The molecule has 0 heterocycles. The number of carbonyl (C=O) groups is 3. The first-order valence-electron chi connectivity index (χ1n) is 14.7. The molecule has 208 valence electrons. The minimum absolute atomic E-state index is 0.0196. The molecule has 0 aliphatic heterocycles. The van der Waals surface area contributed by atoms with Crippen LogP contribution < -0.4 is 5.48 Å². The molecule has 5 aliphatic rings. The van der Waals surface area contributed by atoms with Gasteiger partial charge in [-0.15, -0.1) is 0 Å². The highest BCUT2D eigenvalue weighted by Gasteiger charge is 2.69. The van der Waals surface area contributed by atoms with Gasteiger partial charge in [-0.05, 0) is 90.8 Å². The molecule has 5 rings (SSSR count). The molecule has 38 heavy (non-hydrogen) atoms. The van der Waals surface area contributed by atoms with E-state index < -0.39 is 5.41 Å². The maximum atomic E-state index is 14.3. The van der Waals surface area contributed by atoms with E-state index in [0.717, 1.165) is 51.4 Å². The number of allylic oxidation sites excluding steroid dienone is 2. The van der Waals surface area contributed by atoms with Crippen molar-refractivity contribution in [3.8, 4) is 6.07 Å². The maximum Gasteiger partial charge on any atom is 0.250 e. The zero-order chi connectivity index (χ0) is 27.9. The Morgan fingerprint density at radius 2 is 1.74 bits per heavy atom. The predicted molar refractivity (Wildman–Crippen MR) is 144 cm³/mol. The summed E-state index contributed by atoms with van der Waals surface area (Å²) >= 11 is 0. The number of fused-ring (bicyclic) bond motifs is 6. The molecule has 0 bridgehead atoms. The monoisotopic (exact) mass is 522 g/mol. The normalized spacial score (nSPS) is 47.7. The first-order valence-corrected chi connectivity index (χ1v) is 14.7. The zero-order valence-electron chi connectivity index (χ0n) is 24.4. The molecule has 0 aromatic carbocycles. The molecule has 0 spiro atoms. The van der Waals surface area contributed by atoms with Crippen LogP contribution in [0.2, 0.25) is 0 Å². The molecule has 4 saturated carbocycles. The molecule has 1 amide bonds. The van der Waals surface area contributed by atoms with E-state index in [9.17, 15) is 19.6 Å². The lowest BCUT2D eigenvalue weighted by atomic mass is 9.36. The number of nitrogens with zero attached hydrogens (tertiary/aromatic N) is 1. The summed E-state index contributed by atoms with van der Waals surface area (Å²) in [6.07, 6.45) is 9.44. The Balaban J connectivity index is 1.60. The van der Waals surface area contributed by atoms with Crippen LogP contribution in [0.4, 0.5) is 0 Å². The van der Waals surface area contributed by atoms with Crippen LogP contribution in [0.1, 0.15) is 99.3 Å². The van der Waals surface area contributed by atoms with Gasteiger partial charge in [0.2, 0.25) is 5.91 Å². The van der Waals surface area contributed by atoms with Crippen molar-refractivity contribution in [1.82, 2.24) is 5.48 Å². The van der Waals surface area contributed by atoms with Crippen LogP contribution in [0.5, 0.6) is 0 Å². The minimum Gasteiger partial charge on any atom is -0.299 e. The SMILES string of the molecule is CONC(=O)[C@]12CCC(C)(C)CC1CC1C(=O)C[C@@H]3[C@@]4(C)C=C(C#N)C(=O)[C@@H](C)[C@@H]4CC[C@@]3(C)[C@]1(C)CC2. The summed E-state index contributed by atoms with van der Waals surface area (Å²) in [4.78, 5) is 46.0. The summed E-state index contributed by atoms with van der Waals surface area (Å²) in [5.41, 5.74) is 1.83. The van der Waals surface area contributed by atoms with Crippen molar-refractivity contribution in [2.45, 2.75) is 99.3 Å². The molecule has 5 aliphatic carbocycles. The Kier molecular flexibility index (Phi) is 6.35. The van der Waals surface area contributed by atoms with Crippen LogP contribution in [0.25, 0.3) is 0 Å². The molecule has 6 heteroatoms. The number of nitrogens with one attached hydrogen (secondary N) is 1. The quantitative estimate of drug-likeness (QED) is 0.451. The Morgan fingerprint density at radius 3 is 2.39 bits per heavy atom. The highest BCUT2D eigenvalue weighted by Crippen LogP contribution is 2.72. The molecular weight excluding hydrogens is 476 g/mol. The average Bonchev–Trinajstić information content (AvgIpc) is 2.99. The summed E-state index contributed by atoms with van der Waals surface area (Å²) < 4.78 is 0. The number of hydrogen-bond acceptors (Lipinski definition) is 5. The van der Waals surface area contributed by atoms with Crippen molar-refractivity contribution in [3.05, 3.63) is 11.6 Å². The van der Waals surface area contributed by atoms with Crippen molar-refractivity contribution >= 4 is 17.5 Å². The number of rotatable bonds is 2. The van der Waals surface area contributed by atoms with Crippen molar-refractivity contribution in [2.75, 3.05) is 7.11 Å². The first-order chi connectivity index (χ1) is 17.7. The fourth-order valence-corrected chi connectivity index (χ4v) is 10.6. The Bertz CT molecular complexity index is 1130. The summed E-state index contributed by atoms with van der Waals surface area (Å²) in [6.45, 7) is 13.5. The van der Waals surface area contributed by atoms with Gasteiger partial charge >= 0.3 is 0 Å². The molecule has 1 N–H and O–H groups in total. The number of amides is 1. The summed E-state index contributed by atoms with van der Waals surface area (Å²) in [5.74, 6) is 0.326. The van der Waals surface area contributed by atoms with Crippen molar-refractivity contribution in [1.29, 1.82) is 5.26 Å². The predicted octanol–water partition coefficient (Wildman–Crippen LogP) is 5.96. The van der Waals surface area contributed by atoms with E-state index in [1.165, 1.54) is 7.11 Å². The third-order valence-corrected chi connectivity index (χ3v) is 13.1. The Hall–Kier alpha value is -2.00. The van der Waals surface area contributed by atoms with Gasteiger partial charge in [-0.25, -0.2) is 5.48 Å². The number of carbonyl (C=O) groups excluding carboxylic acids is 3. The van der Waals surface area contributed by atoms with Crippen LogP contribution >= 0.6 is 0 Å². The van der Waals surface area contributed by atoms with Crippen LogP contribution in [-0.2, 0) is 19.2 Å². The van der Waals surface area contributed by atoms with E-state index in [1.54, 1.807) is 0 Å². The Labute approximate surface area is 228 Å².